The summed E-state index contributed by atoms with van der Waals surface area (Å²) < 4.78 is 5.54. The summed E-state index contributed by atoms with van der Waals surface area (Å²) in [6.07, 6.45) is 2.29. The van der Waals surface area contributed by atoms with E-state index < -0.39 is 0 Å². The highest BCUT2D eigenvalue weighted by molar-refractivity contribution is 6.29. The summed E-state index contributed by atoms with van der Waals surface area (Å²) in [5, 5.41) is 3.35. The first-order chi connectivity index (χ1) is 11.4. The number of pyridine rings is 1. The Morgan fingerprint density at radius 3 is 2.62 bits per heavy atom. The first-order valence-electron chi connectivity index (χ1n) is 8.24. The Bertz CT molecular complexity index is 751. The van der Waals surface area contributed by atoms with E-state index in [0.29, 0.717) is 10.7 Å². The Morgan fingerprint density at radius 1 is 1.29 bits per heavy atom. The highest BCUT2D eigenvalue weighted by Gasteiger charge is 2.19. The number of nitrogens with zero attached hydrogens (tertiary/aromatic N) is 2. The molecule has 1 atom stereocenters. The molecule has 0 saturated carbocycles. The minimum absolute atomic E-state index is 0.142. The molecule has 2 aromatic heterocycles. The van der Waals surface area contributed by atoms with Gasteiger partial charge in [-0.1, -0.05) is 11.6 Å². The number of amides is 1. The van der Waals surface area contributed by atoms with Gasteiger partial charge in [0.25, 0.3) is 5.91 Å². The second-order valence-corrected chi connectivity index (χ2v) is 6.68. The molecule has 1 fully saturated rings. The first kappa shape index (κ1) is 16.8. The third kappa shape index (κ3) is 3.56. The van der Waals surface area contributed by atoms with Gasteiger partial charge in [-0.2, -0.15) is 0 Å². The molecule has 24 heavy (non-hydrogen) atoms. The summed E-state index contributed by atoms with van der Waals surface area (Å²) in [5.74, 6) is 2.27. The Hall–Kier alpha value is -2.01. The molecular weight excluding hydrogens is 326 g/mol. The standard InChI is InChI=1S/C18H22ClN3O2/c1-11-8-15(13(3)24-11)12(2)20-18(23)14-9-16(19)21-17(10-14)22-6-4-5-7-22/h8-10,12H,4-7H2,1-3H3,(H,20,23)/t12-/m1/s1. The van der Waals surface area contributed by atoms with Gasteiger partial charge in [0.2, 0.25) is 0 Å². The number of nitrogens with one attached hydrogen (secondary N) is 1. The van der Waals surface area contributed by atoms with Crippen LogP contribution in [-0.2, 0) is 0 Å². The molecule has 0 aliphatic carbocycles. The van der Waals surface area contributed by atoms with E-state index in [2.05, 4.69) is 15.2 Å². The fraction of sp³-hybridized carbons (Fsp3) is 0.444. The molecule has 1 aliphatic heterocycles. The zero-order chi connectivity index (χ0) is 17.3. The molecule has 0 radical (unpaired) electrons. The quantitative estimate of drug-likeness (QED) is 0.848. The zero-order valence-corrected chi connectivity index (χ0v) is 15.0. The molecule has 0 unspecified atom stereocenters. The van der Waals surface area contributed by atoms with Gasteiger partial charge in [-0.05, 0) is 51.8 Å². The number of aromatic nitrogens is 1. The lowest BCUT2D eigenvalue weighted by atomic mass is 10.1. The van der Waals surface area contributed by atoms with Gasteiger partial charge in [0.15, 0.2) is 0 Å². The topological polar surface area (TPSA) is 58.4 Å². The van der Waals surface area contributed by atoms with Crippen molar-refractivity contribution in [2.75, 3.05) is 18.0 Å². The number of rotatable bonds is 4. The summed E-state index contributed by atoms with van der Waals surface area (Å²) in [4.78, 5) is 19.1. The third-order valence-electron chi connectivity index (χ3n) is 4.37. The summed E-state index contributed by atoms with van der Waals surface area (Å²) in [7, 11) is 0. The van der Waals surface area contributed by atoms with Crippen molar-refractivity contribution in [3.8, 4) is 0 Å². The van der Waals surface area contributed by atoms with E-state index in [-0.39, 0.29) is 11.9 Å². The molecule has 1 N–H and O–H groups in total. The van der Waals surface area contributed by atoms with Crippen molar-refractivity contribution in [2.24, 2.45) is 0 Å². The van der Waals surface area contributed by atoms with Crippen LogP contribution < -0.4 is 10.2 Å². The molecule has 2 aromatic rings. The molecule has 0 aromatic carbocycles. The molecule has 1 saturated heterocycles. The number of carbonyl (C=O) groups is 1. The van der Waals surface area contributed by atoms with Gasteiger partial charge in [0.05, 0.1) is 6.04 Å². The van der Waals surface area contributed by atoms with Crippen molar-refractivity contribution in [1.29, 1.82) is 0 Å². The monoisotopic (exact) mass is 347 g/mol. The molecule has 1 amide bonds. The van der Waals surface area contributed by atoms with Crippen molar-refractivity contribution >= 4 is 23.3 Å². The van der Waals surface area contributed by atoms with Crippen LogP contribution in [0.25, 0.3) is 0 Å². The second kappa shape index (κ2) is 6.85. The predicted molar refractivity (Wildman–Crippen MR) is 94.8 cm³/mol. The number of furan rings is 1. The molecule has 6 heteroatoms. The number of hydrogen-bond donors (Lipinski definition) is 1. The molecule has 1 aliphatic rings. The van der Waals surface area contributed by atoms with Crippen LogP contribution in [0.2, 0.25) is 5.15 Å². The molecule has 128 valence electrons. The predicted octanol–water partition coefficient (Wildman–Crippen LogP) is 4.04. The summed E-state index contributed by atoms with van der Waals surface area (Å²) >= 11 is 6.12. The number of aryl methyl sites for hydroxylation is 2. The highest BCUT2D eigenvalue weighted by Crippen LogP contribution is 2.24. The molecule has 5 nitrogen and oxygen atoms in total. The van der Waals surface area contributed by atoms with Gasteiger partial charge < -0.3 is 14.6 Å². The lowest BCUT2D eigenvalue weighted by Crippen LogP contribution is -2.27. The van der Waals surface area contributed by atoms with Crippen LogP contribution in [0.3, 0.4) is 0 Å². The van der Waals surface area contributed by atoms with Crippen LogP contribution in [-0.4, -0.2) is 24.0 Å². The number of halogens is 1. The number of hydrogen-bond acceptors (Lipinski definition) is 4. The van der Waals surface area contributed by atoms with Crippen LogP contribution in [0, 0.1) is 13.8 Å². The van der Waals surface area contributed by atoms with Crippen LogP contribution in [0.15, 0.2) is 22.6 Å². The largest absolute Gasteiger partial charge is 0.466 e. The van der Waals surface area contributed by atoms with Crippen molar-refractivity contribution in [2.45, 2.75) is 39.7 Å². The maximum Gasteiger partial charge on any atom is 0.252 e. The van der Waals surface area contributed by atoms with Crippen LogP contribution in [0.4, 0.5) is 5.82 Å². The van der Waals surface area contributed by atoms with Gasteiger partial charge in [-0.25, -0.2) is 4.98 Å². The summed E-state index contributed by atoms with van der Waals surface area (Å²) in [5.41, 5.74) is 1.52. The Kier molecular flexibility index (Phi) is 4.81. The Morgan fingerprint density at radius 2 is 2.00 bits per heavy atom. The minimum Gasteiger partial charge on any atom is -0.466 e. The average molecular weight is 348 g/mol. The van der Waals surface area contributed by atoms with Crippen LogP contribution in [0.5, 0.6) is 0 Å². The zero-order valence-electron chi connectivity index (χ0n) is 14.2. The van der Waals surface area contributed by atoms with E-state index in [1.807, 2.05) is 32.9 Å². The average Bonchev–Trinajstić information content (AvgIpc) is 3.16. The third-order valence-corrected chi connectivity index (χ3v) is 4.56. The molecule has 0 spiro atoms. The van der Waals surface area contributed by atoms with Gasteiger partial charge >= 0.3 is 0 Å². The van der Waals surface area contributed by atoms with E-state index in [1.54, 1.807) is 6.07 Å². The van der Waals surface area contributed by atoms with Gasteiger partial charge in [-0.15, -0.1) is 0 Å². The SMILES string of the molecule is Cc1cc([C@@H](C)NC(=O)c2cc(Cl)nc(N3CCCC3)c2)c(C)o1. The van der Waals surface area contributed by atoms with Gasteiger partial charge in [0, 0.05) is 24.2 Å². The second-order valence-electron chi connectivity index (χ2n) is 6.29. The van der Waals surface area contributed by atoms with Gasteiger partial charge in [0.1, 0.15) is 22.5 Å². The fourth-order valence-electron chi connectivity index (χ4n) is 3.16. The maximum atomic E-state index is 12.6. The number of carbonyl (C=O) groups excluding carboxylic acids is 1. The molecule has 3 heterocycles. The highest BCUT2D eigenvalue weighted by atomic mass is 35.5. The molecule has 3 rings (SSSR count). The van der Waals surface area contributed by atoms with Crippen molar-refractivity contribution < 1.29 is 9.21 Å². The molecular formula is C18H22ClN3O2. The Labute approximate surface area is 147 Å². The lowest BCUT2D eigenvalue weighted by molar-refractivity contribution is 0.0939. The maximum absolute atomic E-state index is 12.6. The van der Waals surface area contributed by atoms with E-state index in [0.717, 1.165) is 48.8 Å². The van der Waals surface area contributed by atoms with Crippen LogP contribution in [0.1, 0.15) is 53.2 Å². The lowest BCUT2D eigenvalue weighted by Gasteiger charge is -2.18. The van der Waals surface area contributed by atoms with E-state index >= 15 is 0 Å². The van der Waals surface area contributed by atoms with E-state index in [4.69, 9.17) is 16.0 Å². The van der Waals surface area contributed by atoms with Crippen molar-refractivity contribution in [1.82, 2.24) is 10.3 Å². The summed E-state index contributed by atoms with van der Waals surface area (Å²) in [6.45, 7) is 7.66. The molecule has 0 bridgehead atoms. The van der Waals surface area contributed by atoms with Crippen molar-refractivity contribution in [3.05, 3.63) is 46.0 Å². The van der Waals surface area contributed by atoms with Crippen LogP contribution >= 0.6 is 11.6 Å². The normalized spacial score (nSPS) is 15.6. The Balaban J connectivity index is 1.78. The smallest absolute Gasteiger partial charge is 0.252 e. The number of anilines is 1. The van der Waals surface area contributed by atoms with E-state index in [9.17, 15) is 4.79 Å². The van der Waals surface area contributed by atoms with Crippen molar-refractivity contribution in [3.63, 3.8) is 0 Å². The van der Waals surface area contributed by atoms with Gasteiger partial charge in [-0.3, -0.25) is 4.79 Å². The first-order valence-corrected chi connectivity index (χ1v) is 8.62. The van der Waals surface area contributed by atoms with E-state index in [1.165, 1.54) is 0 Å². The summed E-state index contributed by atoms with van der Waals surface area (Å²) in [6, 6.07) is 5.23. The minimum atomic E-state index is -0.162. The fourth-order valence-corrected chi connectivity index (χ4v) is 3.36.